The van der Waals surface area contributed by atoms with Gasteiger partial charge in [0.25, 0.3) is 5.91 Å². The Labute approximate surface area is 176 Å². The first-order valence-corrected chi connectivity index (χ1v) is 9.52. The van der Waals surface area contributed by atoms with Crippen LogP contribution in [0.2, 0.25) is 5.02 Å². The Bertz CT molecular complexity index is 1200. The van der Waals surface area contributed by atoms with Crippen LogP contribution in [0.3, 0.4) is 0 Å². The van der Waals surface area contributed by atoms with E-state index in [1.807, 2.05) is 6.07 Å². The van der Waals surface area contributed by atoms with Crippen molar-refractivity contribution < 1.29 is 18.7 Å². The smallest absolute Gasteiger partial charge is 0.282 e. The summed E-state index contributed by atoms with van der Waals surface area (Å²) in [6.07, 6.45) is 1.68. The first-order chi connectivity index (χ1) is 14.6. The van der Waals surface area contributed by atoms with E-state index in [4.69, 9.17) is 21.1 Å². The second kappa shape index (κ2) is 7.31. The van der Waals surface area contributed by atoms with E-state index in [0.717, 1.165) is 5.56 Å². The molecule has 3 aromatic rings. The molecule has 148 valence electrons. The normalized spacial score (nSPS) is 16.3. The lowest BCUT2D eigenvalue weighted by Gasteiger charge is -2.18. The van der Waals surface area contributed by atoms with E-state index in [-0.39, 0.29) is 24.2 Å². The van der Waals surface area contributed by atoms with Crippen molar-refractivity contribution in [3.8, 4) is 11.5 Å². The number of fused-ring (bicyclic) bond motifs is 1. The minimum absolute atomic E-state index is 0.172. The average Bonchev–Trinajstić information content (AvgIpc) is 3.34. The van der Waals surface area contributed by atoms with E-state index in [2.05, 4.69) is 4.99 Å². The summed E-state index contributed by atoms with van der Waals surface area (Å²) in [4.78, 5) is 19.3. The number of hydrogen-bond acceptors (Lipinski definition) is 4. The molecule has 0 atom stereocenters. The van der Waals surface area contributed by atoms with Gasteiger partial charge in [-0.2, -0.15) is 0 Å². The third kappa shape index (κ3) is 3.31. The lowest BCUT2D eigenvalue weighted by Crippen LogP contribution is -2.32. The van der Waals surface area contributed by atoms with Crippen LogP contribution in [0.4, 0.5) is 10.1 Å². The molecule has 0 radical (unpaired) electrons. The Morgan fingerprint density at radius 1 is 0.967 bits per heavy atom. The summed E-state index contributed by atoms with van der Waals surface area (Å²) in [6.45, 7) is 0.172. The molecule has 5 nitrogen and oxygen atoms in total. The van der Waals surface area contributed by atoms with Crippen LogP contribution in [0, 0.1) is 5.82 Å². The number of rotatable bonds is 3. The van der Waals surface area contributed by atoms with E-state index >= 15 is 0 Å². The third-order valence-electron chi connectivity index (χ3n) is 4.75. The van der Waals surface area contributed by atoms with Crippen molar-refractivity contribution in [2.24, 2.45) is 4.99 Å². The molecule has 0 bridgehead atoms. The van der Waals surface area contributed by atoms with Crippen LogP contribution in [-0.2, 0) is 4.79 Å². The van der Waals surface area contributed by atoms with Gasteiger partial charge in [0.2, 0.25) is 6.79 Å². The number of halogens is 2. The zero-order valence-corrected chi connectivity index (χ0v) is 16.3. The molecule has 0 aromatic heterocycles. The molecular weight excluding hydrogens is 407 g/mol. The predicted octanol–water partition coefficient (Wildman–Crippen LogP) is 5.04. The predicted molar refractivity (Wildman–Crippen MR) is 112 cm³/mol. The highest BCUT2D eigenvalue weighted by Crippen LogP contribution is 2.34. The summed E-state index contributed by atoms with van der Waals surface area (Å²) in [5, 5.41) is 0.577. The number of benzene rings is 3. The second-order valence-corrected chi connectivity index (χ2v) is 7.14. The molecule has 2 aliphatic rings. The van der Waals surface area contributed by atoms with Gasteiger partial charge in [-0.3, -0.25) is 9.69 Å². The number of amides is 1. The third-order valence-corrected chi connectivity index (χ3v) is 5.00. The van der Waals surface area contributed by atoms with E-state index in [0.29, 0.717) is 33.6 Å². The number of carbonyl (C=O) groups excluding carboxylic acids is 1. The molecule has 3 aromatic carbocycles. The van der Waals surface area contributed by atoms with E-state index in [1.54, 1.807) is 54.6 Å². The van der Waals surface area contributed by atoms with Gasteiger partial charge in [-0.15, -0.1) is 0 Å². The minimum atomic E-state index is -0.383. The monoisotopic (exact) mass is 420 g/mol. The Kier molecular flexibility index (Phi) is 4.48. The van der Waals surface area contributed by atoms with Gasteiger partial charge < -0.3 is 9.47 Å². The van der Waals surface area contributed by atoms with Crippen molar-refractivity contribution in [1.82, 2.24) is 0 Å². The van der Waals surface area contributed by atoms with Crippen molar-refractivity contribution in [2.45, 2.75) is 0 Å². The molecule has 0 spiro atoms. The molecule has 0 saturated heterocycles. The maximum atomic E-state index is 13.4. The largest absolute Gasteiger partial charge is 0.454 e. The van der Waals surface area contributed by atoms with Crippen molar-refractivity contribution >= 4 is 35.1 Å². The molecule has 2 heterocycles. The van der Waals surface area contributed by atoms with E-state index < -0.39 is 0 Å². The van der Waals surface area contributed by atoms with Crippen LogP contribution in [-0.4, -0.2) is 18.5 Å². The highest BCUT2D eigenvalue weighted by molar-refractivity contribution is 6.34. The Morgan fingerprint density at radius 2 is 1.70 bits per heavy atom. The zero-order chi connectivity index (χ0) is 20.7. The maximum Gasteiger partial charge on any atom is 0.282 e. The van der Waals surface area contributed by atoms with Gasteiger partial charge >= 0.3 is 0 Å². The molecule has 0 saturated carbocycles. The van der Waals surface area contributed by atoms with Crippen molar-refractivity contribution in [3.05, 3.63) is 94.4 Å². The van der Waals surface area contributed by atoms with Gasteiger partial charge in [-0.05, 0) is 72.3 Å². The standard InChI is InChI=1S/C23H14ClFN2O3/c24-16-4-2-15(3-5-16)22-26-19(11-14-1-10-20-21(12-14)30-13-29-20)23(28)27(22)18-8-6-17(25)7-9-18/h1-12H,13H2/b19-11+. The maximum absolute atomic E-state index is 13.4. The lowest BCUT2D eigenvalue weighted by atomic mass is 10.1. The summed E-state index contributed by atoms with van der Waals surface area (Å²) >= 11 is 6.00. The molecule has 30 heavy (non-hydrogen) atoms. The number of hydrogen-bond donors (Lipinski definition) is 0. The molecule has 5 rings (SSSR count). The molecule has 2 aliphatic heterocycles. The quantitative estimate of drug-likeness (QED) is 0.558. The molecule has 0 N–H and O–H groups in total. The molecule has 1 amide bonds. The van der Waals surface area contributed by atoms with Gasteiger partial charge in [0.05, 0.1) is 5.69 Å². The van der Waals surface area contributed by atoms with Gasteiger partial charge in [-0.1, -0.05) is 17.7 Å². The lowest BCUT2D eigenvalue weighted by molar-refractivity contribution is -0.113. The fourth-order valence-corrected chi connectivity index (χ4v) is 3.43. The number of amidine groups is 1. The summed E-state index contributed by atoms with van der Waals surface area (Å²) < 4.78 is 24.2. The number of ether oxygens (including phenoxy) is 2. The minimum Gasteiger partial charge on any atom is -0.454 e. The van der Waals surface area contributed by atoms with Crippen LogP contribution >= 0.6 is 11.6 Å². The first-order valence-electron chi connectivity index (χ1n) is 9.14. The number of nitrogens with zero attached hydrogens (tertiary/aromatic N) is 2. The highest BCUT2D eigenvalue weighted by Gasteiger charge is 2.32. The molecule has 7 heteroatoms. The number of carbonyl (C=O) groups is 1. The SMILES string of the molecule is O=C1/C(=C\c2ccc3c(c2)OCO3)N=C(c2ccc(Cl)cc2)N1c1ccc(F)cc1. The Morgan fingerprint density at radius 3 is 2.47 bits per heavy atom. The molecule has 0 unspecified atom stereocenters. The summed E-state index contributed by atoms with van der Waals surface area (Å²) in [5.41, 5.74) is 2.24. The van der Waals surface area contributed by atoms with E-state index in [1.165, 1.54) is 17.0 Å². The van der Waals surface area contributed by atoms with Gasteiger partial charge in [0, 0.05) is 10.6 Å². The van der Waals surface area contributed by atoms with Crippen LogP contribution in [0.15, 0.2) is 77.4 Å². The van der Waals surface area contributed by atoms with Gasteiger partial charge in [0.1, 0.15) is 17.3 Å². The highest BCUT2D eigenvalue weighted by atomic mass is 35.5. The summed E-state index contributed by atoms with van der Waals surface area (Å²) in [7, 11) is 0. The molecule has 0 aliphatic carbocycles. The van der Waals surface area contributed by atoms with Crippen LogP contribution in [0.5, 0.6) is 11.5 Å². The van der Waals surface area contributed by atoms with Gasteiger partial charge in [-0.25, -0.2) is 9.38 Å². The zero-order valence-electron chi connectivity index (χ0n) is 15.5. The summed E-state index contributed by atoms with van der Waals surface area (Å²) in [5.74, 6) is 1.02. The topological polar surface area (TPSA) is 51.1 Å². The number of aliphatic imine (C=N–C) groups is 1. The average molecular weight is 421 g/mol. The fraction of sp³-hybridized carbons (Fsp3) is 0.0435. The van der Waals surface area contributed by atoms with Crippen LogP contribution in [0.25, 0.3) is 6.08 Å². The van der Waals surface area contributed by atoms with Crippen molar-refractivity contribution in [1.29, 1.82) is 0 Å². The van der Waals surface area contributed by atoms with Crippen LogP contribution < -0.4 is 14.4 Å². The molecule has 0 fully saturated rings. The van der Waals surface area contributed by atoms with Crippen molar-refractivity contribution in [3.63, 3.8) is 0 Å². The molecular formula is C23H14ClFN2O3. The van der Waals surface area contributed by atoms with Gasteiger partial charge in [0.15, 0.2) is 11.5 Å². The van der Waals surface area contributed by atoms with Crippen LogP contribution in [0.1, 0.15) is 11.1 Å². The Hall–Kier alpha value is -3.64. The summed E-state index contributed by atoms with van der Waals surface area (Å²) in [6, 6.07) is 18.1. The fourth-order valence-electron chi connectivity index (χ4n) is 3.30. The first kappa shape index (κ1) is 18.4. The van der Waals surface area contributed by atoms with Crippen molar-refractivity contribution in [2.75, 3.05) is 11.7 Å². The Balaban J connectivity index is 1.59. The van der Waals surface area contributed by atoms with E-state index in [9.17, 15) is 9.18 Å². The second-order valence-electron chi connectivity index (χ2n) is 6.70. The number of anilines is 1.